The van der Waals surface area contributed by atoms with Crippen molar-refractivity contribution >= 4 is 21.7 Å². The van der Waals surface area contributed by atoms with Crippen LogP contribution in [-0.2, 0) is 48.2 Å². The Kier molecular flexibility index (Phi) is 3.62. The first kappa shape index (κ1) is 17.6. The van der Waals surface area contributed by atoms with E-state index in [9.17, 15) is 22.0 Å². The molecule has 28 heavy (non-hydrogen) atoms. The summed E-state index contributed by atoms with van der Waals surface area (Å²) >= 11 is 0. The number of fused-ring (bicyclic) bond motifs is 3. The Labute approximate surface area is 160 Å². The number of aryl methyl sites for hydroxylation is 3. The third-order valence-corrected chi connectivity index (χ3v) is 7.12. The van der Waals surface area contributed by atoms with E-state index in [-0.39, 0.29) is 13.0 Å². The van der Waals surface area contributed by atoms with Crippen molar-refractivity contribution in [3.8, 4) is 0 Å². The van der Waals surface area contributed by atoms with Gasteiger partial charge in [-0.25, -0.2) is 17.9 Å². The Morgan fingerprint density at radius 1 is 1.14 bits per heavy atom. The highest BCUT2D eigenvalue weighted by atomic mass is 32.2. The summed E-state index contributed by atoms with van der Waals surface area (Å²) in [7, 11) is -4.48. The lowest BCUT2D eigenvalue weighted by Crippen LogP contribution is -2.37. The molecule has 2 aromatic rings. The van der Waals surface area contributed by atoms with Crippen LogP contribution in [0.1, 0.15) is 40.8 Å². The third kappa shape index (κ3) is 2.54. The lowest BCUT2D eigenvalue weighted by molar-refractivity contribution is -0.0393. The Morgan fingerprint density at radius 3 is 2.43 bits per heavy atom. The molecule has 148 valence electrons. The Bertz CT molecular complexity index is 1090. The minimum Gasteiger partial charge on any atom is -0.307 e. The number of benzene rings is 1. The first-order valence-corrected chi connectivity index (χ1v) is 10.7. The Balaban J connectivity index is 1.42. The molecule has 2 aliphatic carbocycles. The monoisotopic (exact) mass is 408 g/mol. The molecule has 0 bridgehead atoms. The van der Waals surface area contributed by atoms with E-state index in [1.165, 1.54) is 11.1 Å². The predicted octanol–water partition coefficient (Wildman–Crippen LogP) is 2.48. The number of aromatic nitrogens is 2. The van der Waals surface area contributed by atoms with Gasteiger partial charge in [0.15, 0.2) is 0 Å². The molecule has 0 saturated carbocycles. The molecule has 0 saturated heterocycles. The van der Waals surface area contributed by atoms with Crippen molar-refractivity contribution in [2.24, 2.45) is 0 Å². The van der Waals surface area contributed by atoms with E-state index in [1.807, 2.05) is 4.72 Å². The van der Waals surface area contributed by atoms with E-state index in [4.69, 9.17) is 0 Å². The number of carbonyl (C=O) groups is 1. The summed E-state index contributed by atoms with van der Waals surface area (Å²) in [6.07, 6.45) is 4.17. The highest BCUT2D eigenvalue weighted by Gasteiger charge is 2.44. The molecule has 7 nitrogen and oxygen atoms in total. The maximum atomic E-state index is 14.3. The van der Waals surface area contributed by atoms with Gasteiger partial charge in [-0.05, 0) is 54.4 Å². The highest BCUT2D eigenvalue weighted by Crippen LogP contribution is 2.41. The minimum absolute atomic E-state index is 0.208. The second kappa shape index (κ2) is 5.76. The predicted molar refractivity (Wildman–Crippen MR) is 96.0 cm³/mol. The fourth-order valence-corrected chi connectivity index (χ4v) is 5.31. The van der Waals surface area contributed by atoms with Gasteiger partial charge in [0.2, 0.25) is 0 Å². The van der Waals surface area contributed by atoms with Gasteiger partial charge in [-0.3, -0.25) is 4.68 Å². The number of hydrogen-bond acceptors (Lipinski definition) is 4. The number of nitrogens with zero attached hydrogens (tertiary/aromatic N) is 2. The maximum Gasteiger partial charge on any atom is 0.333 e. The number of rotatable bonds is 3. The molecule has 0 fully saturated rings. The summed E-state index contributed by atoms with van der Waals surface area (Å²) < 4.78 is 56.6. The van der Waals surface area contributed by atoms with Crippen LogP contribution in [0.3, 0.4) is 0 Å². The van der Waals surface area contributed by atoms with Gasteiger partial charge in [-0.1, -0.05) is 6.07 Å². The lowest BCUT2D eigenvalue weighted by Gasteiger charge is -2.32. The molecule has 1 aromatic carbocycles. The molecular formula is C18H18F2N4O3S. The van der Waals surface area contributed by atoms with Crippen molar-refractivity contribution in [3.63, 3.8) is 0 Å². The quantitative estimate of drug-likeness (QED) is 0.816. The first-order valence-electron chi connectivity index (χ1n) is 9.21. The lowest BCUT2D eigenvalue weighted by atomic mass is 9.76. The standard InChI is InChI=1S/C18H18F2N4O3S/c19-18(20)6-1-7-24-16(18)14(9-21-24)28(26,27)23-17(25)22-15-12-4-2-10(12)8-11-3-5-13(11)15/h8-9H,1-7H2,(H2,22,23,25). The zero-order chi connectivity index (χ0) is 19.7. The molecule has 3 aliphatic rings. The molecule has 10 heteroatoms. The number of halogens is 2. The van der Waals surface area contributed by atoms with Crippen molar-refractivity contribution in [2.75, 3.05) is 5.32 Å². The molecule has 2 N–H and O–H groups in total. The van der Waals surface area contributed by atoms with Gasteiger partial charge in [0.1, 0.15) is 10.6 Å². The summed E-state index contributed by atoms with van der Waals surface area (Å²) in [6.45, 7) is 0.217. The van der Waals surface area contributed by atoms with Crippen molar-refractivity contribution in [1.29, 1.82) is 0 Å². The van der Waals surface area contributed by atoms with Crippen LogP contribution in [0.5, 0.6) is 0 Å². The normalized spacial score (nSPS) is 18.8. The average Bonchev–Trinajstić information content (AvgIpc) is 2.97. The molecule has 1 aromatic heterocycles. The van der Waals surface area contributed by atoms with Crippen LogP contribution in [0.4, 0.5) is 19.3 Å². The van der Waals surface area contributed by atoms with Crippen LogP contribution in [0.15, 0.2) is 17.2 Å². The van der Waals surface area contributed by atoms with Gasteiger partial charge < -0.3 is 5.32 Å². The van der Waals surface area contributed by atoms with E-state index in [2.05, 4.69) is 16.5 Å². The largest absolute Gasteiger partial charge is 0.333 e. The van der Waals surface area contributed by atoms with Crippen LogP contribution in [0.25, 0.3) is 0 Å². The smallest absolute Gasteiger partial charge is 0.307 e. The van der Waals surface area contributed by atoms with Gasteiger partial charge in [-0.15, -0.1) is 0 Å². The average molecular weight is 408 g/mol. The van der Waals surface area contributed by atoms with Crippen LogP contribution in [0, 0.1) is 0 Å². The third-order valence-electron chi connectivity index (χ3n) is 5.78. The second-order valence-electron chi connectivity index (χ2n) is 7.48. The fourth-order valence-electron chi connectivity index (χ4n) is 4.21. The molecule has 1 aliphatic heterocycles. The molecule has 0 radical (unpaired) electrons. The zero-order valence-electron chi connectivity index (χ0n) is 14.9. The molecule has 0 atom stereocenters. The van der Waals surface area contributed by atoms with E-state index < -0.39 is 39.0 Å². The van der Waals surface area contributed by atoms with Crippen LogP contribution < -0.4 is 10.0 Å². The van der Waals surface area contributed by atoms with E-state index in [0.717, 1.165) is 47.7 Å². The molecular weight excluding hydrogens is 390 g/mol. The van der Waals surface area contributed by atoms with Gasteiger partial charge in [0.25, 0.3) is 15.9 Å². The molecule has 0 unspecified atom stereocenters. The molecule has 0 spiro atoms. The Hall–Kier alpha value is -2.49. The summed E-state index contributed by atoms with van der Waals surface area (Å²) in [4.78, 5) is 11.8. The highest BCUT2D eigenvalue weighted by molar-refractivity contribution is 7.90. The number of sulfonamides is 1. The van der Waals surface area contributed by atoms with Crippen LogP contribution in [0.2, 0.25) is 0 Å². The number of urea groups is 1. The van der Waals surface area contributed by atoms with Crippen LogP contribution >= 0.6 is 0 Å². The Morgan fingerprint density at radius 2 is 1.82 bits per heavy atom. The fraction of sp³-hybridized carbons (Fsp3) is 0.444. The number of amides is 2. The van der Waals surface area contributed by atoms with Gasteiger partial charge >= 0.3 is 6.03 Å². The summed E-state index contributed by atoms with van der Waals surface area (Å²) in [5, 5.41) is 6.40. The van der Waals surface area contributed by atoms with Crippen LogP contribution in [-0.4, -0.2) is 24.2 Å². The second-order valence-corrected chi connectivity index (χ2v) is 9.13. The van der Waals surface area contributed by atoms with Crippen molar-refractivity contribution in [2.45, 2.75) is 55.9 Å². The SMILES string of the molecule is O=C(Nc1c2c(cc3c1CC3)CC2)NS(=O)(=O)c1cnn2c1C(F)(F)CCC2. The number of carbonyl (C=O) groups excluding carboxylic acids is 1. The first-order chi connectivity index (χ1) is 13.3. The topological polar surface area (TPSA) is 93.1 Å². The molecule has 2 amide bonds. The van der Waals surface area contributed by atoms with E-state index in [1.54, 1.807) is 0 Å². The maximum absolute atomic E-state index is 14.3. The zero-order valence-corrected chi connectivity index (χ0v) is 15.7. The van der Waals surface area contributed by atoms with Crippen molar-refractivity contribution < 1.29 is 22.0 Å². The minimum atomic E-state index is -4.48. The number of hydrogen-bond donors (Lipinski definition) is 2. The van der Waals surface area contributed by atoms with Gasteiger partial charge in [0.05, 0.1) is 6.20 Å². The van der Waals surface area contributed by atoms with Crippen molar-refractivity contribution in [1.82, 2.24) is 14.5 Å². The van der Waals surface area contributed by atoms with Gasteiger partial charge in [0, 0.05) is 18.7 Å². The molecule has 2 heterocycles. The van der Waals surface area contributed by atoms with Crippen molar-refractivity contribution in [3.05, 3.63) is 40.2 Å². The summed E-state index contributed by atoms with van der Waals surface area (Å²) in [6, 6.07) is 1.19. The van der Waals surface area contributed by atoms with E-state index >= 15 is 0 Å². The summed E-state index contributed by atoms with van der Waals surface area (Å²) in [5.74, 6) is -3.31. The number of nitrogens with one attached hydrogen (secondary N) is 2. The number of alkyl halides is 2. The molecule has 5 rings (SSSR count). The number of anilines is 1. The van der Waals surface area contributed by atoms with Gasteiger partial charge in [-0.2, -0.15) is 13.9 Å². The van der Waals surface area contributed by atoms with E-state index in [0.29, 0.717) is 5.69 Å². The summed E-state index contributed by atoms with van der Waals surface area (Å²) in [5.41, 5.74) is 4.40.